The molecule has 19 heavy (non-hydrogen) atoms. The second-order valence-corrected chi connectivity index (χ2v) is 5.97. The molecule has 2 rings (SSSR count). The molecule has 0 radical (unpaired) electrons. The quantitative estimate of drug-likeness (QED) is 0.925. The SMILES string of the molecule is Cc1ccc(S(=O)(=O)Nc2ccc(=O)n(C)c2)cc1. The third-order valence-corrected chi connectivity index (χ3v) is 4.07. The Balaban J connectivity index is 2.33. The van der Waals surface area contributed by atoms with Crippen molar-refractivity contribution in [2.75, 3.05) is 4.72 Å². The monoisotopic (exact) mass is 278 g/mol. The van der Waals surface area contributed by atoms with Crippen molar-refractivity contribution in [1.29, 1.82) is 0 Å². The van der Waals surface area contributed by atoms with Crippen molar-refractivity contribution in [3.63, 3.8) is 0 Å². The van der Waals surface area contributed by atoms with Crippen LogP contribution >= 0.6 is 0 Å². The normalized spacial score (nSPS) is 11.3. The molecule has 0 fully saturated rings. The van der Waals surface area contributed by atoms with Crippen molar-refractivity contribution in [3.05, 3.63) is 58.5 Å². The maximum Gasteiger partial charge on any atom is 0.261 e. The molecule has 0 atom stereocenters. The zero-order valence-electron chi connectivity index (χ0n) is 10.6. The Bertz CT molecular complexity index is 746. The molecule has 1 aromatic carbocycles. The lowest BCUT2D eigenvalue weighted by Gasteiger charge is -2.09. The van der Waals surface area contributed by atoms with Gasteiger partial charge in [-0.15, -0.1) is 0 Å². The smallest absolute Gasteiger partial charge is 0.261 e. The summed E-state index contributed by atoms with van der Waals surface area (Å²) in [5.41, 5.74) is 1.14. The highest BCUT2D eigenvalue weighted by atomic mass is 32.2. The van der Waals surface area contributed by atoms with E-state index in [9.17, 15) is 13.2 Å². The van der Waals surface area contributed by atoms with Gasteiger partial charge in [-0.05, 0) is 25.1 Å². The predicted octanol–water partition coefficient (Wildman–Crippen LogP) is 1.49. The minimum atomic E-state index is -3.63. The lowest BCUT2D eigenvalue weighted by Crippen LogP contribution is -2.18. The molecule has 1 aromatic heterocycles. The van der Waals surface area contributed by atoms with Gasteiger partial charge in [0.25, 0.3) is 10.0 Å². The highest BCUT2D eigenvalue weighted by Crippen LogP contribution is 2.15. The van der Waals surface area contributed by atoms with Gasteiger partial charge in [0, 0.05) is 19.3 Å². The number of nitrogens with zero attached hydrogens (tertiary/aromatic N) is 1. The molecule has 2 aromatic rings. The zero-order chi connectivity index (χ0) is 14.0. The van der Waals surface area contributed by atoms with Gasteiger partial charge in [-0.2, -0.15) is 0 Å². The van der Waals surface area contributed by atoms with Crippen LogP contribution in [0.25, 0.3) is 0 Å². The average molecular weight is 278 g/mol. The van der Waals surface area contributed by atoms with Gasteiger partial charge in [-0.1, -0.05) is 17.7 Å². The summed E-state index contributed by atoms with van der Waals surface area (Å²) in [7, 11) is -2.06. The Morgan fingerprint density at radius 1 is 1.05 bits per heavy atom. The fourth-order valence-corrected chi connectivity index (χ4v) is 2.63. The van der Waals surface area contributed by atoms with Crippen LogP contribution in [-0.4, -0.2) is 13.0 Å². The lowest BCUT2D eigenvalue weighted by molar-refractivity contribution is 0.601. The molecule has 0 saturated heterocycles. The molecule has 6 heteroatoms. The molecule has 0 unspecified atom stereocenters. The first-order chi connectivity index (χ1) is 8.88. The third kappa shape index (κ3) is 3.03. The van der Waals surface area contributed by atoms with Gasteiger partial charge >= 0.3 is 0 Å². The molecule has 0 aliphatic carbocycles. The molecule has 5 nitrogen and oxygen atoms in total. The van der Waals surface area contributed by atoms with Crippen molar-refractivity contribution in [2.45, 2.75) is 11.8 Å². The molecule has 0 bridgehead atoms. The van der Waals surface area contributed by atoms with Gasteiger partial charge in [0.05, 0.1) is 10.6 Å². The van der Waals surface area contributed by atoms with Crippen molar-refractivity contribution in [1.82, 2.24) is 4.57 Å². The Kier molecular flexibility index (Phi) is 3.44. The number of benzene rings is 1. The molecule has 0 amide bonds. The first kappa shape index (κ1) is 13.4. The van der Waals surface area contributed by atoms with Crippen LogP contribution in [0.2, 0.25) is 0 Å². The number of aromatic nitrogens is 1. The van der Waals surface area contributed by atoms with E-state index in [-0.39, 0.29) is 10.5 Å². The summed E-state index contributed by atoms with van der Waals surface area (Å²) in [6, 6.07) is 9.30. The van der Waals surface area contributed by atoms with Crippen molar-refractivity contribution in [3.8, 4) is 0 Å². The Morgan fingerprint density at radius 3 is 2.26 bits per heavy atom. The van der Waals surface area contributed by atoms with E-state index in [1.54, 1.807) is 31.3 Å². The number of rotatable bonds is 3. The molecule has 0 saturated carbocycles. The molecule has 100 valence electrons. The number of pyridine rings is 1. The van der Waals surface area contributed by atoms with Gasteiger partial charge < -0.3 is 4.57 Å². The molecule has 0 spiro atoms. The molecular weight excluding hydrogens is 264 g/mol. The van der Waals surface area contributed by atoms with Crippen molar-refractivity contribution in [2.24, 2.45) is 7.05 Å². The number of sulfonamides is 1. The Labute approximate surface area is 111 Å². The second kappa shape index (κ2) is 4.89. The number of aryl methyl sites for hydroxylation is 2. The van der Waals surface area contributed by atoms with E-state index in [0.717, 1.165) is 5.56 Å². The largest absolute Gasteiger partial charge is 0.316 e. The van der Waals surface area contributed by atoms with E-state index >= 15 is 0 Å². The first-order valence-corrected chi connectivity index (χ1v) is 7.13. The highest BCUT2D eigenvalue weighted by molar-refractivity contribution is 7.92. The van der Waals surface area contributed by atoms with Crippen LogP contribution < -0.4 is 10.3 Å². The third-order valence-electron chi connectivity index (χ3n) is 2.67. The van der Waals surface area contributed by atoms with E-state index < -0.39 is 10.0 Å². The number of anilines is 1. The minimum Gasteiger partial charge on any atom is -0.316 e. The number of nitrogens with one attached hydrogen (secondary N) is 1. The fraction of sp³-hybridized carbons (Fsp3) is 0.154. The summed E-state index contributed by atoms with van der Waals surface area (Å²) in [6.07, 6.45) is 1.44. The second-order valence-electron chi connectivity index (χ2n) is 4.29. The van der Waals surface area contributed by atoms with Crippen LogP contribution in [0.4, 0.5) is 5.69 Å². The summed E-state index contributed by atoms with van der Waals surface area (Å²) < 4.78 is 28.0. The maximum atomic E-state index is 12.1. The van der Waals surface area contributed by atoms with Crippen molar-refractivity contribution >= 4 is 15.7 Å². The van der Waals surface area contributed by atoms with Gasteiger partial charge in [-0.3, -0.25) is 9.52 Å². The van der Waals surface area contributed by atoms with Crippen LogP contribution in [0.5, 0.6) is 0 Å². The molecule has 0 aliphatic rings. The standard InChI is InChI=1S/C13H14N2O3S/c1-10-3-6-12(7-4-10)19(17,18)14-11-5-8-13(16)15(2)9-11/h3-9,14H,1-2H3. The van der Waals surface area contributed by atoms with Gasteiger partial charge in [0.15, 0.2) is 0 Å². The van der Waals surface area contributed by atoms with Crippen LogP contribution in [-0.2, 0) is 17.1 Å². The highest BCUT2D eigenvalue weighted by Gasteiger charge is 2.13. The molecule has 1 heterocycles. The van der Waals surface area contributed by atoms with Crippen LogP contribution in [0.3, 0.4) is 0 Å². The Morgan fingerprint density at radius 2 is 1.68 bits per heavy atom. The van der Waals surface area contributed by atoms with Gasteiger partial charge in [-0.25, -0.2) is 8.42 Å². The predicted molar refractivity (Wildman–Crippen MR) is 73.7 cm³/mol. The summed E-state index contributed by atoms with van der Waals surface area (Å²) in [5, 5.41) is 0. The van der Waals surface area contributed by atoms with E-state index in [0.29, 0.717) is 5.69 Å². The van der Waals surface area contributed by atoms with Crippen molar-refractivity contribution < 1.29 is 8.42 Å². The van der Waals surface area contributed by atoms with E-state index in [4.69, 9.17) is 0 Å². The van der Waals surface area contributed by atoms with E-state index in [2.05, 4.69) is 4.72 Å². The minimum absolute atomic E-state index is 0.187. The first-order valence-electron chi connectivity index (χ1n) is 5.65. The molecule has 1 N–H and O–H groups in total. The van der Waals surface area contributed by atoms with E-state index in [1.165, 1.54) is 22.9 Å². The average Bonchev–Trinajstić information content (AvgIpc) is 2.34. The zero-order valence-corrected chi connectivity index (χ0v) is 11.4. The summed E-state index contributed by atoms with van der Waals surface area (Å²) in [6.45, 7) is 1.89. The van der Waals surface area contributed by atoms with Crippen LogP contribution in [0.1, 0.15) is 5.56 Å². The summed E-state index contributed by atoms with van der Waals surface area (Å²) >= 11 is 0. The number of hydrogen-bond donors (Lipinski definition) is 1. The van der Waals surface area contributed by atoms with Crippen LogP contribution in [0, 0.1) is 6.92 Å². The fourth-order valence-electron chi connectivity index (χ4n) is 1.59. The maximum absolute atomic E-state index is 12.1. The lowest BCUT2D eigenvalue weighted by atomic mass is 10.2. The van der Waals surface area contributed by atoms with E-state index in [1.807, 2.05) is 6.92 Å². The van der Waals surface area contributed by atoms with Gasteiger partial charge in [0.1, 0.15) is 0 Å². The summed E-state index contributed by atoms with van der Waals surface area (Å²) in [5.74, 6) is 0. The molecule has 0 aliphatic heterocycles. The topological polar surface area (TPSA) is 68.2 Å². The van der Waals surface area contributed by atoms with Crippen LogP contribution in [0.15, 0.2) is 52.3 Å². The number of hydrogen-bond acceptors (Lipinski definition) is 3. The van der Waals surface area contributed by atoms with Gasteiger partial charge in [0.2, 0.25) is 5.56 Å². The summed E-state index contributed by atoms with van der Waals surface area (Å²) in [4.78, 5) is 11.4. The Hall–Kier alpha value is -2.08. The molecular formula is C13H14N2O3S.